The maximum absolute atomic E-state index is 12.7. The van der Waals surface area contributed by atoms with Crippen LogP contribution in [0.5, 0.6) is 5.75 Å². The molecule has 0 radical (unpaired) electrons. The molecule has 1 saturated carbocycles. The van der Waals surface area contributed by atoms with Crippen LogP contribution < -0.4 is 4.74 Å². The van der Waals surface area contributed by atoms with Crippen LogP contribution in [0.25, 0.3) is 0 Å². The first-order chi connectivity index (χ1) is 12.8. The van der Waals surface area contributed by atoms with Crippen molar-refractivity contribution in [2.24, 2.45) is 17.8 Å². The second kappa shape index (κ2) is 10.5. The van der Waals surface area contributed by atoms with Crippen molar-refractivity contribution >= 4 is 46.7 Å². The molecule has 2 unspecified atom stereocenters. The van der Waals surface area contributed by atoms with Gasteiger partial charge in [0, 0.05) is 5.02 Å². The molecule has 0 amide bonds. The monoisotopic (exact) mass is 434 g/mol. The molecule has 1 aromatic carbocycles. The number of halogens is 3. The molecule has 0 aliphatic heterocycles. The molecule has 1 aliphatic rings. The highest BCUT2D eigenvalue weighted by molar-refractivity contribution is 6.40. The van der Waals surface area contributed by atoms with E-state index in [0.717, 1.165) is 25.7 Å². The number of esters is 2. The quantitative estimate of drug-likeness (QED) is 0.285. The summed E-state index contributed by atoms with van der Waals surface area (Å²) in [6.07, 6.45) is 4.76. The van der Waals surface area contributed by atoms with E-state index in [0.29, 0.717) is 30.4 Å². The van der Waals surface area contributed by atoms with E-state index in [4.69, 9.17) is 44.3 Å². The lowest BCUT2D eigenvalue weighted by Gasteiger charge is -2.28. The Balaban J connectivity index is 2.01. The Labute approximate surface area is 175 Å². The van der Waals surface area contributed by atoms with Gasteiger partial charge in [-0.1, -0.05) is 61.5 Å². The van der Waals surface area contributed by atoms with E-state index < -0.39 is 17.8 Å². The van der Waals surface area contributed by atoms with Gasteiger partial charge >= 0.3 is 11.9 Å². The Hall–Kier alpha value is -0.970. The van der Waals surface area contributed by atoms with E-state index in [-0.39, 0.29) is 21.8 Å². The third-order valence-electron chi connectivity index (χ3n) is 4.71. The molecule has 7 heteroatoms. The first-order valence-corrected chi connectivity index (χ1v) is 10.5. The predicted molar refractivity (Wildman–Crippen MR) is 108 cm³/mol. The maximum atomic E-state index is 12.7. The average Bonchev–Trinajstić information content (AvgIpc) is 2.61. The molecule has 0 spiro atoms. The summed E-state index contributed by atoms with van der Waals surface area (Å²) >= 11 is 18.1. The zero-order valence-corrected chi connectivity index (χ0v) is 17.9. The number of hydrogen-bond acceptors (Lipinski definition) is 4. The summed E-state index contributed by atoms with van der Waals surface area (Å²) in [5.74, 6) is -1.25. The molecule has 0 bridgehead atoms. The van der Waals surface area contributed by atoms with Gasteiger partial charge in [0.15, 0.2) is 5.75 Å². The average molecular weight is 436 g/mol. The zero-order chi connectivity index (χ0) is 20.0. The Morgan fingerprint density at radius 2 is 1.59 bits per heavy atom. The fraction of sp³-hybridized carbons (Fsp3) is 0.600. The minimum atomic E-state index is -0.556. The molecule has 2 atom stereocenters. The van der Waals surface area contributed by atoms with Gasteiger partial charge in [-0.3, -0.25) is 9.59 Å². The summed E-state index contributed by atoms with van der Waals surface area (Å²) in [5, 5.41) is 0.666. The molecule has 1 aliphatic carbocycles. The van der Waals surface area contributed by atoms with Gasteiger partial charge in [-0.25, -0.2) is 0 Å². The summed E-state index contributed by atoms with van der Waals surface area (Å²) < 4.78 is 10.8. The summed E-state index contributed by atoms with van der Waals surface area (Å²) in [6.45, 7) is 4.63. The minimum absolute atomic E-state index is 0.0716. The highest BCUT2D eigenvalue weighted by Crippen LogP contribution is 2.38. The highest BCUT2D eigenvalue weighted by Gasteiger charge is 2.38. The van der Waals surface area contributed by atoms with E-state index in [2.05, 4.69) is 13.8 Å². The van der Waals surface area contributed by atoms with Gasteiger partial charge in [0.1, 0.15) is 0 Å². The molecule has 4 nitrogen and oxygen atoms in total. The SMILES string of the molecule is CC(C)CCCOC(=O)C1CCCCC1C(=O)Oc1c(Cl)cc(Cl)cc1Cl. The Kier molecular flexibility index (Phi) is 8.71. The fourth-order valence-electron chi connectivity index (χ4n) is 3.27. The number of benzene rings is 1. The minimum Gasteiger partial charge on any atom is -0.465 e. The van der Waals surface area contributed by atoms with Crippen LogP contribution in [-0.2, 0) is 14.3 Å². The molecule has 2 rings (SSSR count). The van der Waals surface area contributed by atoms with Crippen molar-refractivity contribution in [1.82, 2.24) is 0 Å². The molecule has 1 aromatic rings. The fourth-order valence-corrected chi connectivity index (χ4v) is 4.16. The molecule has 0 aromatic heterocycles. The standard InChI is InChI=1S/C20H25Cl3O4/c1-12(2)6-5-9-26-19(24)14-7-3-4-8-15(14)20(25)27-18-16(22)10-13(21)11-17(18)23/h10-12,14-15H,3-9H2,1-2H3. The molecule has 27 heavy (non-hydrogen) atoms. The van der Waals surface area contributed by atoms with E-state index in [1.54, 1.807) is 0 Å². The van der Waals surface area contributed by atoms with Crippen LogP contribution in [0.1, 0.15) is 52.4 Å². The van der Waals surface area contributed by atoms with Gasteiger partial charge in [-0.2, -0.15) is 0 Å². The van der Waals surface area contributed by atoms with E-state index in [9.17, 15) is 9.59 Å². The summed E-state index contributed by atoms with van der Waals surface area (Å²) in [5.41, 5.74) is 0. The van der Waals surface area contributed by atoms with Crippen molar-refractivity contribution < 1.29 is 19.1 Å². The Bertz CT molecular complexity index is 652. The van der Waals surface area contributed by atoms with Gasteiger partial charge < -0.3 is 9.47 Å². The van der Waals surface area contributed by atoms with Crippen molar-refractivity contribution in [2.75, 3.05) is 6.61 Å². The Morgan fingerprint density at radius 3 is 2.15 bits per heavy atom. The number of ether oxygens (including phenoxy) is 2. The van der Waals surface area contributed by atoms with Crippen LogP contribution in [0.2, 0.25) is 15.1 Å². The topological polar surface area (TPSA) is 52.6 Å². The summed E-state index contributed by atoms with van der Waals surface area (Å²) in [4.78, 5) is 25.2. The first-order valence-electron chi connectivity index (χ1n) is 9.32. The van der Waals surface area contributed by atoms with E-state index >= 15 is 0 Å². The van der Waals surface area contributed by atoms with E-state index in [1.165, 1.54) is 12.1 Å². The molecular weight excluding hydrogens is 411 g/mol. The highest BCUT2D eigenvalue weighted by atomic mass is 35.5. The maximum Gasteiger partial charge on any atom is 0.315 e. The molecule has 1 fully saturated rings. The molecule has 0 saturated heterocycles. The van der Waals surface area contributed by atoms with Crippen LogP contribution in [0.15, 0.2) is 12.1 Å². The summed E-state index contributed by atoms with van der Waals surface area (Å²) in [6, 6.07) is 2.91. The van der Waals surface area contributed by atoms with Crippen molar-refractivity contribution in [3.8, 4) is 5.75 Å². The summed E-state index contributed by atoms with van der Waals surface area (Å²) in [7, 11) is 0. The lowest BCUT2D eigenvalue weighted by atomic mass is 9.79. The van der Waals surface area contributed by atoms with Crippen LogP contribution in [0.4, 0.5) is 0 Å². The number of rotatable bonds is 7. The van der Waals surface area contributed by atoms with Crippen LogP contribution in [0, 0.1) is 17.8 Å². The lowest BCUT2D eigenvalue weighted by molar-refractivity contribution is -0.158. The van der Waals surface area contributed by atoms with Gasteiger partial charge in [-0.15, -0.1) is 0 Å². The third kappa shape index (κ3) is 6.55. The molecule has 0 N–H and O–H groups in total. The van der Waals surface area contributed by atoms with Gasteiger partial charge in [0.25, 0.3) is 0 Å². The van der Waals surface area contributed by atoms with Crippen molar-refractivity contribution in [3.63, 3.8) is 0 Å². The third-order valence-corrected chi connectivity index (χ3v) is 5.49. The normalized spacial score (nSPS) is 19.8. The van der Waals surface area contributed by atoms with Crippen LogP contribution in [0.3, 0.4) is 0 Å². The molecular formula is C20H25Cl3O4. The smallest absolute Gasteiger partial charge is 0.315 e. The van der Waals surface area contributed by atoms with Gasteiger partial charge in [-0.05, 0) is 43.7 Å². The van der Waals surface area contributed by atoms with Crippen molar-refractivity contribution in [1.29, 1.82) is 0 Å². The zero-order valence-electron chi connectivity index (χ0n) is 15.6. The molecule has 150 valence electrons. The Morgan fingerprint density at radius 1 is 1.04 bits per heavy atom. The molecule has 0 heterocycles. The van der Waals surface area contributed by atoms with Crippen molar-refractivity contribution in [3.05, 3.63) is 27.2 Å². The second-order valence-corrected chi connectivity index (χ2v) is 8.57. The van der Waals surface area contributed by atoms with Gasteiger partial charge in [0.2, 0.25) is 0 Å². The lowest BCUT2D eigenvalue weighted by Crippen LogP contribution is -2.36. The van der Waals surface area contributed by atoms with E-state index in [1.807, 2.05) is 0 Å². The van der Waals surface area contributed by atoms with Crippen LogP contribution >= 0.6 is 34.8 Å². The number of carbonyl (C=O) groups excluding carboxylic acids is 2. The van der Waals surface area contributed by atoms with Gasteiger partial charge in [0.05, 0.1) is 28.5 Å². The second-order valence-electron chi connectivity index (χ2n) is 7.32. The number of hydrogen-bond donors (Lipinski definition) is 0. The number of carbonyl (C=O) groups is 2. The predicted octanol–water partition coefficient (Wildman–Crippen LogP) is 6.34. The van der Waals surface area contributed by atoms with Crippen LogP contribution in [-0.4, -0.2) is 18.5 Å². The largest absolute Gasteiger partial charge is 0.465 e. The van der Waals surface area contributed by atoms with Crippen molar-refractivity contribution in [2.45, 2.75) is 52.4 Å². The first kappa shape index (κ1) is 22.3.